The molecule has 0 saturated heterocycles. The quantitative estimate of drug-likeness (QED) is 0.637. The van der Waals surface area contributed by atoms with Crippen LogP contribution in [0.4, 0.5) is 5.69 Å². The van der Waals surface area contributed by atoms with Gasteiger partial charge in [0.25, 0.3) is 0 Å². The van der Waals surface area contributed by atoms with Gasteiger partial charge in [0.2, 0.25) is 10.0 Å². The summed E-state index contributed by atoms with van der Waals surface area (Å²) in [4.78, 5) is 4.19. The predicted octanol–water partition coefficient (Wildman–Crippen LogP) is 3.76. The molecule has 4 rings (SSSR count). The summed E-state index contributed by atoms with van der Waals surface area (Å²) in [5, 5.41) is 10.8. The molecule has 7 nitrogen and oxygen atoms in total. The van der Waals surface area contributed by atoms with E-state index in [1.807, 2.05) is 25.3 Å². The molecule has 156 valence electrons. The number of anilines is 1. The van der Waals surface area contributed by atoms with Crippen LogP contribution in [0.15, 0.2) is 30.7 Å². The zero-order valence-electron chi connectivity index (χ0n) is 16.7. The number of pyridine rings is 1. The number of benzene rings is 1. The number of sulfonamides is 1. The summed E-state index contributed by atoms with van der Waals surface area (Å²) in [6, 6.07) is 6.15. The summed E-state index contributed by atoms with van der Waals surface area (Å²) in [6.45, 7) is 1.91. The number of hydrogen-bond donors (Lipinski definition) is 2. The van der Waals surface area contributed by atoms with Crippen LogP contribution in [0.5, 0.6) is 0 Å². The largest absolute Gasteiger partial charge is 0.396 e. The van der Waals surface area contributed by atoms with Gasteiger partial charge in [-0.05, 0) is 43.9 Å². The molecule has 2 aromatic heterocycles. The summed E-state index contributed by atoms with van der Waals surface area (Å²) < 4.78 is 28.2. The van der Waals surface area contributed by atoms with Crippen molar-refractivity contribution in [1.29, 1.82) is 5.26 Å². The van der Waals surface area contributed by atoms with Gasteiger partial charge < -0.3 is 10.3 Å². The Balaban J connectivity index is 1.86. The molecule has 1 aromatic carbocycles. The topological polar surface area (TPSA) is 114 Å². The number of halogens is 1. The van der Waals surface area contributed by atoms with Crippen molar-refractivity contribution in [1.82, 2.24) is 14.3 Å². The van der Waals surface area contributed by atoms with E-state index in [1.54, 1.807) is 6.20 Å². The SMILES string of the molecule is Cc1cc2c(cc1C#N)c(-c1cncc(N)c1Cl)cn2[C@@H]1CC[C@@H](NS(C)(=O)=O)C1. The molecule has 0 bridgehead atoms. The highest BCUT2D eigenvalue weighted by molar-refractivity contribution is 7.88. The van der Waals surface area contributed by atoms with E-state index in [-0.39, 0.29) is 12.1 Å². The molecule has 3 N–H and O–H groups in total. The first-order valence-corrected chi connectivity index (χ1v) is 11.9. The molecule has 3 aromatic rings. The van der Waals surface area contributed by atoms with Crippen LogP contribution in [0.2, 0.25) is 5.02 Å². The molecule has 2 atom stereocenters. The molecule has 1 saturated carbocycles. The van der Waals surface area contributed by atoms with E-state index in [4.69, 9.17) is 17.3 Å². The number of nitrogens with zero attached hydrogens (tertiary/aromatic N) is 3. The predicted molar refractivity (Wildman–Crippen MR) is 119 cm³/mol. The van der Waals surface area contributed by atoms with Crippen LogP contribution in [0.1, 0.15) is 36.4 Å². The lowest BCUT2D eigenvalue weighted by Crippen LogP contribution is -2.32. The third-order valence-corrected chi connectivity index (χ3v) is 6.86. The van der Waals surface area contributed by atoms with E-state index < -0.39 is 10.0 Å². The van der Waals surface area contributed by atoms with Gasteiger partial charge in [0, 0.05) is 46.5 Å². The zero-order valence-corrected chi connectivity index (χ0v) is 18.3. The Labute approximate surface area is 180 Å². The number of nitriles is 1. The van der Waals surface area contributed by atoms with Gasteiger partial charge in [0.15, 0.2) is 0 Å². The molecule has 1 fully saturated rings. The second kappa shape index (κ2) is 7.58. The highest BCUT2D eigenvalue weighted by Crippen LogP contribution is 2.41. The van der Waals surface area contributed by atoms with Crippen LogP contribution < -0.4 is 10.5 Å². The minimum absolute atomic E-state index is 0.0944. The Bertz CT molecular complexity index is 1290. The highest BCUT2D eigenvalue weighted by Gasteiger charge is 2.29. The zero-order chi connectivity index (χ0) is 21.6. The maximum absolute atomic E-state index is 11.6. The lowest BCUT2D eigenvalue weighted by Gasteiger charge is -2.15. The van der Waals surface area contributed by atoms with E-state index in [0.29, 0.717) is 28.3 Å². The van der Waals surface area contributed by atoms with Crippen molar-refractivity contribution in [2.45, 2.75) is 38.3 Å². The van der Waals surface area contributed by atoms with E-state index in [2.05, 4.69) is 20.3 Å². The van der Waals surface area contributed by atoms with Crippen LogP contribution in [-0.2, 0) is 10.0 Å². The van der Waals surface area contributed by atoms with Gasteiger partial charge in [0.1, 0.15) is 0 Å². The van der Waals surface area contributed by atoms with Crippen molar-refractivity contribution >= 4 is 38.2 Å². The number of rotatable bonds is 4. The number of fused-ring (bicyclic) bond motifs is 1. The minimum Gasteiger partial charge on any atom is -0.396 e. The van der Waals surface area contributed by atoms with Crippen molar-refractivity contribution in [3.63, 3.8) is 0 Å². The maximum Gasteiger partial charge on any atom is 0.208 e. The van der Waals surface area contributed by atoms with Crippen molar-refractivity contribution in [3.8, 4) is 17.2 Å². The molecule has 0 radical (unpaired) electrons. The lowest BCUT2D eigenvalue weighted by molar-refractivity contribution is 0.511. The fourth-order valence-electron chi connectivity index (χ4n) is 4.31. The summed E-state index contributed by atoms with van der Waals surface area (Å²) >= 11 is 6.48. The molecule has 30 heavy (non-hydrogen) atoms. The van der Waals surface area contributed by atoms with E-state index >= 15 is 0 Å². The first-order chi connectivity index (χ1) is 14.2. The van der Waals surface area contributed by atoms with Gasteiger partial charge in [0.05, 0.1) is 34.8 Å². The van der Waals surface area contributed by atoms with Crippen molar-refractivity contribution < 1.29 is 8.42 Å². The van der Waals surface area contributed by atoms with Crippen LogP contribution in [0.3, 0.4) is 0 Å². The van der Waals surface area contributed by atoms with E-state index in [9.17, 15) is 13.7 Å². The monoisotopic (exact) mass is 443 g/mol. The summed E-state index contributed by atoms with van der Waals surface area (Å²) in [7, 11) is -3.25. The molecular weight excluding hydrogens is 422 g/mol. The smallest absolute Gasteiger partial charge is 0.208 e. The first-order valence-electron chi connectivity index (χ1n) is 9.60. The Hall–Kier alpha value is -2.60. The third-order valence-electron chi connectivity index (χ3n) is 5.68. The molecule has 1 aliphatic carbocycles. The molecule has 0 spiro atoms. The van der Waals surface area contributed by atoms with Gasteiger partial charge in [-0.3, -0.25) is 4.98 Å². The number of hydrogen-bond acceptors (Lipinski definition) is 5. The van der Waals surface area contributed by atoms with E-state index in [0.717, 1.165) is 34.9 Å². The van der Waals surface area contributed by atoms with Crippen molar-refractivity contribution in [2.75, 3.05) is 12.0 Å². The van der Waals surface area contributed by atoms with Gasteiger partial charge in [-0.25, -0.2) is 13.1 Å². The Morgan fingerprint density at radius 3 is 2.77 bits per heavy atom. The Morgan fingerprint density at radius 2 is 2.07 bits per heavy atom. The molecule has 9 heteroatoms. The molecule has 0 unspecified atom stereocenters. The second-order valence-electron chi connectivity index (χ2n) is 7.89. The normalized spacial score (nSPS) is 19.3. The average Bonchev–Trinajstić information content (AvgIpc) is 3.26. The molecule has 1 aliphatic rings. The number of nitrogens with one attached hydrogen (secondary N) is 1. The number of aromatic nitrogens is 2. The second-order valence-corrected chi connectivity index (χ2v) is 10.0. The van der Waals surface area contributed by atoms with Gasteiger partial charge in [-0.1, -0.05) is 11.6 Å². The molecular formula is C21H22ClN5O2S. The summed E-state index contributed by atoms with van der Waals surface area (Å²) in [5.74, 6) is 0. The lowest BCUT2D eigenvalue weighted by atomic mass is 10.0. The fraction of sp³-hybridized carbons (Fsp3) is 0.333. The maximum atomic E-state index is 11.6. The molecule has 0 amide bonds. The van der Waals surface area contributed by atoms with Crippen LogP contribution in [-0.4, -0.2) is 30.3 Å². The standard InChI is InChI=1S/C21H22ClN5O2S/c1-12-5-20-16(6-13(12)8-23)18(17-9-25-10-19(24)21(17)22)11-27(20)15-4-3-14(7-15)26-30(2,28)29/h5-6,9-11,14-15,26H,3-4,7,24H2,1-2H3/t14-,15-/m1/s1. The number of aryl methyl sites for hydroxylation is 1. The fourth-order valence-corrected chi connectivity index (χ4v) is 5.33. The van der Waals surface area contributed by atoms with Gasteiger partial charge >= 0.3 is 0 Å². The highest BCUT2D eigenvalue weighted by atomic mass is 35.5. The van der Waals surface area contributed by atoms with E-state index in [1.165, 1.54) is 12.5 Å². The van der Waals surface area contributed by atoms with Crippen LogP contribution >= 0.6 is 11.6 Å². The summed E-state index contributed by atoms with van der Waals surface area (Å²) in [5.41, 5.74) is 10.4. The van der Waals surface area contributed by atoms with Gasteiger partial charge in [-0.15, -0.1) is 0 Å². The first kappa shape index (κ1) is 20.7. The molecule has 0 aliphatic heterocycles. The third kappa shape index (κ3) is 3.76. The average molecular weight is 444 g/mol. The number of nitrogens with two attached hydrogens (primary N) is 1. The molecule has 2 heterocycles. The Kier molecular flexibility index (Phi) is 5.22. The van der Waals surface area contributed by atoms with Crippen molar-refractivity contribution in [2.24, 2.45) is 0 Å². The minimum atomic E-state index is -3.25. The van der Waals surface area contributed by atoms with Crippen molar-refractivity contribution in [3.05, 3.63) is 46.9 Å². The Morgan fingerprint density at radius 1 is 1.30 bits per heavy atom. The summed E-state index contributed by atoms with van der Waals surface area (Å²) in [6.07, 6.45) is 8.69. The van der Waals surface area contributed by atoms with Gasteiger partial charge in [-0.2, -0.15) is 5.26 Å². The number of nitrogen functional groups attached to an aromatic ring is 1. The van der Waals surface area contributed by atoms with Crippen LogP contribution in [0, 0.1) is 18.3 Å². The van der Waals surface area contributed by atoms with Crippen LogP contribution in [0.25, 0.3) is 22.0 Å².